The number of carbonyl (C=O) groups excluding carboxylic acids is 2. The third kappa shape index (κ3) is 5.06. The molecule has 1 aromatic carbocycles. The second-order valence-electron chi connectivity index (χ2n) is 6.97. The van der Waals surface area contributed by atoms with Crippen molar-refractivity contribution < 1.29 is 9.59 Å². The molecule has 1 aliphatic rings. The largest absolute Gasteiger partial charge is 0.345 e. The molecule has 1 N–H and O–H groups in total. The molecular formula is C18H27N3O2. The minimum atomic E-state index is -0.0424. The lowest BCUT2D eigenvalue weighted by atomic mass is 9.92. The van der Waals surface area contributed by atoms with Crippen molar-refractivity contribution in [2.45, 2.75) is 20.3 Å². The van der Waals surface area contributed by atoms with Crippen LogP contribution < -0.4 is 5.32 Å². The number of amides is 2. The van der Waals surface area contributed by atoms with E-state index >= 15 is 0 Å². The van der Waals surface area contributed by atoms with Crippen molar-refractivity contribution in [3.05, 3.63) is 29.8 Å². The molecule has 2 atom stereocenters. The van der Waals surface area contributed by atoms with E-state index in [4.69, 9.17) is 0 Å². The van der Waals surface area contributed by atoms with E-state index in [2.05, 4.69) is 24.1 Å². The van der Waals surface area contributed by atoms with E-state index in [1.807, 2.05) is 0 Å². The van der Waals surface area contributed by atoms with Crippen molar-refractivity contribution >= 4 is 17.5 Å². The molecule has 0 bridgehead atoms. The van der Waals surface area contributed by atoms with Crippen molar-refractivity contribution in [2.24, 2.45) is 11.8 Å². The maximum absolute atomic E-state index is 12.2. The number of hydrogen-bond acceptors (Lipinski definition) is 3. The highest BCUT2D eigenvalue weighted by molar-refractivity contribution is 5.96. The maximum Gasteiger partial charge on any atom is 0.253 e. The van der Waals surface area contributed by atoms with Gasteiger partial charge in [-0.2, -0.15) is 0 Å². The Kier molecular flexibility index (Phi) is 5.77. The predicted octanol–water partition coefficient (Wildman–Crippen LogP) is 2.30. The van der Waals surface area contributed by atoms with Gasteiger partial charge in [-0.1, -0.05) is 13.8 Å². The fourth-order valence-corrected chi connectivity index (χ4v) is 3.28. The van der Waals surface area contributed by atoms with Crippen LogP contribution in [0.5, 0.6) is 0 Å². The Hall–Kier alpha value is -1.88. The van der Waals surface area contributed by atoms with Gasteiger partial charge in [0.1, 0.15) is 0 Å². The minimum Gasteiger partial charge on any atom is -0.345 e. The normalized spacial score (nSPS) is 21.7. The lowest BCUT2D eigenvalue weighted by Crippen LogP contribution is -2.42. The van der Waals surface area contributed by atoms with Crippen LogP contribution in [0.2, 0.25) is 0 Å². The Morgan fingerprint density at radius 1 is 1.13 bits per heavy atom. The molecule has 0 radical (unpaired) electrons. The van der Waals surface area contributed by atoms with E-state index < -0.39 is 0 Å². The van der Waals surface area contributed by atoms with Crippen LogP contribution in [-0.2, 0) is 4.79 Å². The number of hydrogen-bond donors (Lipinski definition) is 1. The number of nitrogens with one attached hydrogen (secondary N) is 1. The number of likely N-dealkylation sites (tertiary alicyclic amines) is 1. The Bertz CT molecular complexity index is 544. The van der Waals surface area contributed by atoms with Gasteiger partial charge in [0.2, 0.25) is 5.91 Å². The Morgan fingerprint density at radius 2 is 1.70 bits per heavy atom. The summed E-state index contributed by atoms with van der Waals surface area (Å²) in [6.45, 7) is 6.86. The molecule has 1 heterocycles. The number of anilines is 1. The summed E-state index contributed by atoms with van der Waals surface area (Å²) >= 11 is 0. The fourth-order valence-electron chi connectivity index (χ4n) is 3.28. The summed E-state index contributed by atoms with van der Waals surface area (Å²) in [6, 6.07) is 7.03. The maximum atomic E-state index is 12.2. The SMILES string of the molecule is C[C@H]1C[C@H](C)CN(CC(=O)Nc2ccc(C(=O)N(C)C)cc2)C1. The number of benzene rings is 1. The summed E-state index contributed by atoms with van der Waals surface area (Å²) in [6.07, 6.45) is 1.24. The quantitative estimate of drug-likeness (QED) is 0.927. The Balaban J connectivity index is 1.89. The van der Waals surface area contributed by atoms with Gasteiger partial charge >= 0.3 is 0 Å². The molecule has 1 fully saturated rings. The highest BCUT2D eigenvalue weighted by atomic mass is 16.2. The zero-order chi connectivity index (χ0) is 17.0. The van der Waals surface area contributed by atoms with Gasteiger partial charge in [-0.15, -0.1) is 0 Å². The van der Waals surface area contributed by atoms with Crippen LogP contribution in [-0.4, -0.2) is 55.3 Å². The van der Waals surface area contributed by atoms with Gasteiger partial charge in [0.05, 0.1) is 6.54 Å². The van der Waals surface area contributed by atoms with Gasteiger partial charge in [0.25, 0.3) is 5.91 Å². The number of nitrogens with zero attached hydrogens (tertiary/aromatic N) is 2. The number of rotatable bonds is 4. The highest BCUT2D eigenvalue weighted by Gasteiger charge is 2.23. The summed E-state index contributed by atoms with van der Waals surface area (Å²) in [5.74, 6) is 1.24. The molecule has 0 saturated carbocycles. The molecule has 1 aromatic rings. The summed E-state index contributed by atoms with van der Waals surface area (Å²) in [5, 5.41) is 2.91. The van der Waals surface area contributed by atoms with Crippen molar-refractivity contribution in [3.8, 4) is 0 Å². The molecule has 1 aliphatic heterocycles. The molecule has 5 heteroatoms. The summed E-state index contributed by atoms with van der Waals surface area (Å²) in [5.41, 5.74) is 1.34. The van der Waals surface area contributed by atoms with E-state index in [0.717, 1.165) is 18.8 Å². The minimum absolute atomic E-state index is 0.00186. The van der Waals surface area contributed by atoms with Gasteiger partial charge in [-0.25, -0.2) is 0 Å². The molecule has 0 spiro atoms. The summed E-state index contributed by atoms with van der Waals surface area (Å²) in [4.78, 5) is 27.8. The fraction of sp³-hybridized carbons (Fsp3) is 0.556. The first-order chi connectivity index (χ1) is 10.8. The van der Waals surface area contributed by atoms with Gasteiger partial charge in [-0.3, -0.25) is 14.5 Å². The average molecular weight is 317 g/mol. The molecular weight excluding hydrogens is 290 g/mol. The molecule has 2 amide bonds. The lowest BCUT2D eigenvalue weighted by Gasteiger charge is -2.34. The molecule has 126 valence electrons. The van der Waals surface area contributed by atoms with Crippen LogP contribution >= 0.6 is 0 Å². The van der Waals surface area contributed by atoms with E-state index in [-0.39, 0.29) is 11.8 Å². The number of carbonyl (C=O) groups is 2. The van der Waals surface area contributed by atoms with Gasteiger partial charge in [-0.05, 0) is 42.5 Å². The third-order valence-electron chi connectivity index (χ3n) is 4.13. The van der Waals surface area contributed by atoms with Crippen molar-refractivity contribution in [2.75, 3.05) is 39.0 Å². The molecule has 0 aromatic heterocycles. The zero-order valence-corrected chi connectivity index (χ0v) is 14.5. The molecule has 1 saturated heterocycles. The first-order valence-corrected chi connectivity index (χ1v) is 8.19. The second kappa shape index (κ2) is 7.59. The highest BCUT2D eigenvalue weighted by Crippen LogP contribution is 2.20. The van der Waals surface area contributed by atoms with Crippen LogP contribution in [0.25, 0.3) is 0 Å². The second-order valence-corrected chi connectivity index (χ2v) is 6.97. The van der Waals surface area contributed by atoms with Crippen LogP contribution in [0.1, 0.15) is 30.6 Å². The first-order valence-electron chi connectivity index (χ1n) is 8.19. The van der Waals surface area contributed by atoms with Crippen LogP contribution in [0.15, 0.2) is 24.3 Å². The van der Waals surface area contributed by atoms with E-state index in [9.17, 15) is 9.59 Å². The molecule has 23 heavy (non-hydrogen) atoms. The van der Waals surface area contributed by atoms with Crippen molar-refractivity contribution in [1.29, 1.82) is 0 Å². The van der Waals surface area contributed by atoms with E-state index in [0.29, 0.717) is 23.9 Å². The first kappa shape index (κ1) is 17.5. The van der Waals surface area contributed by atoms with Crippen LogP contribution in [0.4, 0.5) is 5.69 Å². The molecule has 5 nitrogen and oxygen atoms in total. The van der Waals surface area contributed by atoms with Gasteiger partial charge < -0.3 is 10.2 Å². The zero-order valence-electron chi connectivity index (χ0n) is 14.5. The molecule has 0 unspecified atom stereocenters. The van der Waals surface area contributed by atoms with Crippen molar-refractivity contribution in [3.63, 3.8) is 0 Å². The standard InChI is InChI=1S/C18H27N3O2/c1-13-9-14(2)11-21(10-13)12-17(22)19-16-7-5-15(6-8-16)18(23)20(3)4/h5-8,13-14H,9-12H2,1-4H3,(H,19,22)/t13-,14-/m0/s1. The smallest absolute Gasteiger partial charge is 0.253 e. The monoisotopic (exact) mass is 317 g/mol. The summed E-state index contributed by atoms with van der Waals surface area (Å²) in [7, 11) is 3.44. The Labute approximate surface area is 138 Å². The number of piperidine rings is 1. The van der Waals surface area contributed by atoms with E-state index in [1.54, 1.807) is 38.4 Å². The van der Waals surface area contributed by atoms with Crippen LogP contribution in [0.3, 0.4) is 0 Å². The molecule has 2 rings (SSSR count). The van der Waals surface area contributed by atoms with Gasteiger partial charge in [0, 0.05) is 38.4 Å². The van der Waals surface area contributed by atoms with Gasteiger partial charge in [0.15, 0.2) is 0 Å². The summed E-state index contributed by atoms with van der Waals surface area (Å²) < 4.78 is 0. The van der Waals surface area contributed by atoms with Crippen LogP contribution in [0, 0.1) is 11.8 Å². The molecule has 0 aliphatic carbocycles. The average Bonchev–Trinajstić information content (AvgIpc) is 2.45. The topological polar surface area (TPSA) is 52.7 Å². The lowest BCUT2D eigenvalue weighted by molar-refractivity contribution is -0.117. The third-order valence-corrected chi connectivity index (χ3v) is 4.13. The predicted molar refractivity (Wildman–Crippen MR) is 92.5 cm³/mol. The van der Waals surface area contributed by atoms with Crippen molar-refractivity contribution in [1.82, 2.24) is 9.80 Å². The van der Waals surface area contributed by atoms with E-state index in [1.165, 1.54) is 11.3 Å². The Morgan fingerprint density at radius 3 is 2.22 bits per heavy atom.